The van der Waals surface area contributed by atoms with Crippen LogP contribution in [0.5, 0.6) is 5.75 Å². The zero-order valence-electron chi connectivity index (χ0n) is 18.5. The molecule has 0 spiro atoms. The van der Waals surface area contributed by atoms with Crippen LogP contribution >= 0.6 is 0 Å². The van der Waals surface area contributed by atoms with E-state index in [0.29, 0.717) is 21.9 Å². The minimum absolute atomic E-state index is 0.110. The van der Waals surface area contributed by atoms with Gasteiger partial charge in [0.15, 0.2) is 12.0 Å². The van der Waals surface area contributed by atoms with Crippen molar-refractivity contribution < 1.29 is 28.4 Å². The number of carbonyl (C=O) groups is 3. The van der Waals surface area contributed by atoms with Crippen LogP contribution in [0.25, 0.3) is 11.3 Å². The summed E-state index contributed by atoms with van der Waals surface area (Å²) >= 11 is 0. The molecule has 0 bridgehead atoms. The van der Waals surface area contributed by atoms with Crippen LogP contribution < -0.4 is 14.4 Å². The summed E-state index contributed by atoms with van der Waals surface area (Å²) < 4.78 is 10.6. The standard InChI is InChI=1S/C26H19N3O6/c1-34-19-11-7-17(8-12-19)24(30)22-23(21-4-2-3-14-28(21)33)29(26(32)25(22)31)18-9-5-16(6-10-18)20-13-15-35-27-20/h2-15,22-23H,1H3. The van der Waals surface area contributed by atoms with Crippen molar-refractivity contribution in [2.24, 2.45) is 5.92 Å². The molecule has 9 heteroatoms. The van der Waals surface area contributed by atoms with Crippen molar-refractivity contribution in [1.82, 2.24) is 5.16 Å². The quantitative estimate of drug-likeness (QED) is 0.140. The SMILES string of the molecule is COc1ccc(C(=O)C2C(=O)C(=O)N(c3ccc(-c4ccon4)cc3)C2c2cccc[n+]2[O-])cc1. The zero-order valence-corrected chi connectivity index (χ0v) is 18.5. The third-order valence-corrected chi connectivity index (χ3v) is 6.00. The number of ketones is 2. The lowest BCUT2D eigenvalue weighted by Crippen LogP contribution is -2.41. The number of amides is 1. The lowest BCUT2D eigenvalue weighted by Gasteiger charge is -2.25. The third kappa shape index (κ3) is 3.82. The summed E-state index contributed by atoms with van der Waals surface area (Å²) in [7, 11) is 1.50. The van der Waals surface area contributed by atoms with Crippen molar-refractivity contribution in [2.45, 2.75) is 6.04 Å². The summed E-state index contributed by atoms with van der Waals surface area (Å²) in [4.78, 5) is 41.2. The molecule has 0 N–H and O–H groups in total. The average Bonchev–Trinajstić information content (AvgIpc) is 3.51. The normalized spacial score (nSPS) is 17.6. The zero-order chi connectivity index (χ0) is 24.5. The van der Waals surface area contributed by atoms with E-state index in [1.807, 2.05) is 0 Å². The molecule has 5 rings (SSSR count). The minimum atomic E-state index is -1.39. The van der Waals surface area contributed by atoms with Gasteiger partial charge in [-0.1, -0.05) is 17.3 Å². The number of hydrogen-bond donors (Lipinski definition) is 0. The van der Waals surface area contributed by atoms with Crippen LogP contribution in [-0.4, -0.2) is 29.7 Å². The molecule has 1 aliphatic heterocycles. The smallest absolute Gasteiger partial charge is 0.296 e. The first kappa shape index (κ1) is 22.0. The van der Waals surface area contributed by atoms with Crippen LogP contribution in [0.2, 0.25) is 0 Å². The molecule has 2 unspecified atom stereocenters. The van der Waals surface area contributed by atoms with Gasteiger partial charge in [-0.25, -0.2) is 0 Å². The Morgan fingerprint density at radius 3 is 2.40 bits per heavy atom. The van der Waals surface area contributed by atoms with Gasteiger partial charge in [0.25, 0.3) is 5.91 Å². The van der Waals surface area contributed by atoms with Crippen molar-refractivity contribution in [3.05, 3.63) is 102 Å². The molecule has 1 aliphatic rings. The minimum Gasteiger partial charge on any atom is -0.618 e. The van der Waals surface area contributed by atoms with Gasteiger partial charge < -0.3 is 14.5 Å². The Bertz CT molecular complexity index is 1400. The number of aromatic nitrogens is 2. The van der Waals surface area contributed by atoms with Gasteiger partial charge in [0.05, 0.1) is 7.11 Å². The second kappa shape index (κ2) is 8.86. The highest BCUT2D eigenvalue weighted by Crippen LogP contribution is 2.40. The van der Waals surface area contributed by atoms with Gasteiger partial charge in [0, 0.05) is 35.0 Å². The summed E-state index contributed by atoms with van der Waals surface area (Å²) in [5.74, 6) is -3.14. The topological polar surface area (TPSA) is 117 Å². The van der Waals surface area contributed by atoms with E-state index in [2.05, 4.69) is 5.16 Å². The van der Waals surface area contributed by atoms with Crippen LogP contribution in [-0.2, 0) is 9.59 Å². The summed E-state index contributed by atoms with van der Waals surface area (Å²) in [5.41, 5.74) is 2.05. The van der Waals surface area contributed by atoms with Crippen molar-refractivity contribution in [3.63, 3.8) is 0 Å². The van der Waals surface area contributed by atoms with E-state index in [1.165, 1.54) is 48.7 Å². The van der Waals surface area contributed by atoms with Crippen LogP contribution in [0.3, 0.4) is 0 Å². The summed E-state index contributed by atoms with van der Waals surface area (Å²) in [6.07, 6.45) is 2.71. The number of benzene rings is 2. The highest BCUT2D eigenvalue weighted by atomic mass is 16.5. The Hall–Kier alpha value is -4.79. The van der Waals surface area contributed by atoms with Gasteiger partial charge in [-0.05, 0) is 42.5 Å². The van der Waals surface area contributed by atoms with Gasteiger partial charge in [-0.3, -0.25) is 19.3 Å². The maximum absolute atomic E-state index is 13.5. The Morgan fingerprint density at radius 2 is 1.77 bits per heavy atom. The second-order valence-corrected chi connectivity index (χ2v) is 7.94. The first-order valence-corrected chi connectivity index (χ1v) is 10.7. The number of Topliss-reactive ketones (excluding diaryl/α,β-unsaturated/α-hetero) is 2. The summed E-state index contributed by atoms with van der Waals surface area (Å²) in [6.45, 7) is 0. The fourth-order valence-corrected chi connectivity index (χ4v) is 4.27. The Labute approximate surface area is 199 Å². The highest BCUT2D eigenvalue weighted by molar-refractivity contribution is 6.49. The molecule has 2 aromatic carbocycles. The number of hydrogen-bond acceptors (Lipinski definition) is 7. The number of nitrogens with zero attached hydrogens (tertiary/aromatic N) is 3. The molecule has 174 valence electrons. The fourth-order valence-electron chi connectivity index (χ4n) is 4.27. The molecule has 1 fully saturated rings. The van der Waals surface area contributed by atoms with Gasteiger partial charge >= 0.3 is 0 Å². The van der Waals surface area contributed by atoms with E-state index in [9.17, 15) is 19.6 Å². The average molecular weight is 469 g/mol. The van der Waals surface area contributed by atoms with E-state index in [1.54, 1.807) is 48.5 Å². The Morgan fingerprint density at radius 1 is 1.03 bits per heavy atom. The number of carbonyl (C=O) groups excluding carboxylic acids is 3. The maximum Gasteiger partial charge on any atom is 0.296 e. The molecule has 4 aromatic rings. The molecule has 0 aliphatic carbocycles. The van der Waals surface area contributed by atoms with E-state index >= 15 is 0 Å². The molecule has 1 saturated heterocycles. The predicted molar refractivity (Wildman–Crippen MR) is 123 cm³/mol. The van der Waals surface area contributed by atoms with Crippen molar-refractivity contribution in [1.29, 1.82) is 0 Å². The molecule has 2 atom stereocenters. The fraction of sp³-hybridized carbons (Fsp3) is 0.115. The van der Waals surface area contributed by atoms with Gasteiger partial charge in [-0.2, -0.15) is 4.73 Å². The summed E-state index contributed by atoms with van der Waals surface area (Å²) in [5, 5.41) is 16.6. The number of anilines is 1. The first-order valence-electron chi connectivity index (χ1n) is 10.7. The van der Waals surface area contributed by atoms with Crippen molar-refractivity contribution >= 4 is 23.2 Å². The largest absolute Gasteiger partial charge is 0.618 e. The lowest BCUT2D eigenvalue weighted by molar-refractivity contribution is -0.615. The number of methoxy groups -OCH3 is 1. The van der Waals surface area contributed by atoms with Gasteiger partial charge in [0.1, 0.15) is 29.7 Å². The molecule has 2 aromatic heterocycles. The predicted octanol–water partition coefficient (Wildman–Crippen LogP) is 3.14. The second-order valence-electron chi connectivity index (χ2n) is 7.94. The van der Waals surface area contributed by atoms with E-state index in [4.69, 9.17) is 9.26 Å². The number of ether oxygens (including phenoxy) is 1. The van der Waals surface area contributed by atoms with Gasteiger partial charge in [0.2, 0.25) is 11.5 Å². The highest BCUT2D eigenvalue weighted by Gasteiger charge is 2.55. The van der Waals surface area contributed by atoms with Crippen LogP contribution in [0.15, 0.2) is 89.8 Å². The van der Waals surface area contributed by atoms with E-state index in [0.717, 1.165) is 5.56 Å². The molecule has 9 nitrogen and oxygen atoms in total. The van der Waals surface area contributed by atoms with Gasteiger partial charge in [-0.15, -0.1) is 0 Å². The summed E-state index contributed by atoms with van der Waals surface area (Å²) in [6, 6.07) is 18.2. The maximum atomic E-state index is 13.5. The Balaban J connectivity index is 1.59. The molecular weight excluding hydrogens is 450 g/mol. The third-order valence-electron chi connectivity index (χ3n) is 6.00. The number of rotatable bonds is 6. The van der Waals surface area contributed by atoms with Crippen LogP contribution in [0.4, 0.5) is 5.69 Å². The molecule has 3 heterocycles. The molecular formula is C26H19N3O6. The molecule has 0 saturated carbocycles. The Kier molecular flexibility index (Phi) is 5.58. The van der Waals surface area contributed by atoms with E-state index in [-0.39, 0.29) is 11.3 Å². The number of pyridine rings is 1. The van der Waals surface area contributed by atoms with Crippen molar-refractivity contribution in [2.75, 3.05) is 12.0 Å². The lowest BCUT2D eigenvalue weighted by atomic mass is 9.88. The van der Waals surface area contributed by atoms with Crippen molar-refractivity contribution in [3.8, 4) is 17.0 Å². The van der Waals surface area contributed by atoms with Crippen LogP contribution in [0, 0.1) is 11.1 Å². The molecule has 35 heavy (non-hydrogen) atoms. The monoisotopic (exact) mass is 469 g/mol. The molecule has 1 amide bonds. The molecule has 0 radical (unpaired) electrons. The van der Waals surface area contributed by atoms with E-state index < -0.39 is 29.4 Å². The first-order chi connectivity index (χ1) is 17.0. The van der Waals surface area contributed by atoms with Crippen LogP contribution in [0.1, 0.15) is 22.1 Å².